The zero-order chi connectivity index (χ0) is 25.4. The van der Waals surface area contributed by atoms with Gasteiger partial charge in [0, 0.05) is 19.3 Å². The summed E-state index contributed by atoms with van der Waals surface area (Å²) in [6.45, 7) is 1.88. The number of benzene rings is 2. The van der Waals surface area contributed by atoms with Crippen LogP contribution in [0.25, 0.3) is 0 Å². The summed E-state index contributed by atoms with van der Waals surface area (Å²) in [5, 5.41) is 15.0. The van der Waals surface area contributed by atoms with E-state index in [0.717, 1.165) is 0 Å². The third kappa shape index (κ3) is 6.76. The number of nitrogens with one attached hydrogen (secondary N) is 2. The zero-order valence-corrected chi connectivity index (χ0v) is 19.6. The Hall–Kier alpha value is -4.47. The molecule has 35 heavy (non-hydrogen) atoms. The molecule has 10 nitrogen and oxygen atoms in total. The summed E-state index contributed by atoms with van der Waals surface area (Å²) >= 11 is 0. The van der Waals surface area contributed by atoms with Gasteiger partial charge in [0.15, 0.2) is 5.69 Å². The molecule has 0 spiro atoms. The molecule has 1 atom stereocenters. The van der Waals surface area contributed by atoms with E-state index in [9.17, 15) is 19.5 Å². The fourth-order valence-electron chi connectivity index (χ4n) is 3.25. The van der Waals surface area contributed by atoms with Crippen molar-refractivity contribution >= 4 is 17.7 Å². The van der Waals surface area contributed by atoms with Crippen molar-refractivity contribution in [1.29, 1.82) is 0 Å². The van der Waals surface area contributed by atoms with Gasteiger partial charge in [-0.1, -0.05) is 18.2 Å². The number of hydrogen-bond acceptors (Lipinski definition) is 7. The third-order valence-electron chi connectivity index (χ3n) is 5.03. The molecule has 10 heteroatoms. The smallest absolute Gasteiger partial charge is 0.319 e. The van der Waals surface area contributed by atoms with Crippen LogP contribution in [-0.2, 0) is 16.6 Å². The molecule has 3 rings (SSSR count). The summed E-state index contributed by atoms with van der Waals surface area (Å²) in [6.07, 6.45) is 1.23. The normalized spacial score (nSPS) is 11.3. The van der Waals surface area contributed by atoms with Crippen LogP contribution in [0.3, 0.4) is 0 Å². The lowest BCUT2D eigenvalue weighted by molar-refractivity contribution is -0.143. The van der Waals surface area contributed by atoms with Crippen LogP contribution in [0.4, 0.5) is 10.5 Å². The number of hydrogen-bond donors (Lipinski definition) is 3. The van der Waals surface area contributed by atoms with Crippen LogP contribution in [0.5, 0.6) is 23.0 Å². The Balaban J connectivity index is 1.77. The van der Waals surface area contributed by atoms with Gasteiger partial charge in [-0.05, 0) is 42.8 Å². The van der Waals surface area contributed by atoms with Gasteiger partial charge in [0.1, 0.15) is 23.0 Å². The highest BCUT2D eigenvalue weighted by atomic mass is 16.5. The van der Waals surface area contributed by atoms with E-state index in [4.69, 9.17) is 14.2 Å². The van der Waals surface area contributed by atoms with E-state index < -0.39 is 23.6 Å². The summed E-state index contributed by atoms with van der Waals surface area (Å²) in [7, 11) is 3.06. The van der Waals surface area contributed by atoms with Crippen molar-refractivity contribution in [3.8, 4) is 23.0 Å². The van der Waals surface area contributed by atoms with Crippen LogP contribution in [0.1, 0.15) is 24.9 Å². The molecule has 2 amide bonds. The lowest BCUT2D eigenvalue weighted by atomic mass is 10.0. The molecule has 0 radical (unpaired) electrons. The average molecular weight is 482 g/mol. The molecule has 0 bridgehead atoms. The van der Waals surface area contributed by atoms with Crippen LogP contribution >= 0.6 is 0 Å². The maximum absolute atomic E-state index is 12.6. The quantitative estimate of drug-likeness (QED) is 0.398. The molecule has 0 fully saturated rings. The van der Waals surface area contributed by atoms with Crippen LogP contribution in [0, 0.1) is 0 Å². The Labute approximate surface area is 202 Å². The number of anilines is 1. The molecule has 3 aromatic rings. The Bertz CT molecular complexity index is 1240. The third-order valence-corrected chi connectivity index (χ3v) is 5.03. The number of aromatic hydroxyl groups is 1. The van der Waals surface area contributed by atoms with Crippen LogP contribution < -0.4 is 25.7 Å². The van der Waals surface area contributed by atoms with Crippen molar-refractivity contribution in [2.45, 2.75) is 19.4 Å². The number of nitrogens with zero attached hydrogens (tertiary/aromatic N) is 1. The first-order valence-corrected chi connectivity index (χ1v) is 10.8. The van der Waals surface area contributed by atoms with Gasteiger partial charge < -0.3 is 34.5 Å². The monoisotopic (exact) mass is 481 g/mol. The van der Waals surface area contributed by atoms with Gasteiger partial charge in [-0.2, -0.15) is 0 Å². The molecule has 0 aliphatic heterocycles. The van der Waals surface area contributed by atoms with Gasteiger partial charge in [-0.25, -0.2) is 4.79 Å². The van der Waals surface area contributed by atoms with E-state index >= 15 is 0 Å². The number of aromatic nitrogens is 1. The molecule has 0 saturated heterocycles. The maximum Gasteiger partial charge on any atom is 0.319 e. The van der Waals surface area contributed by atoms with E-state index in [1.165, 1.54) is 23.9 Å². The molecule has 2 aromatic carbocycles. The van der Waals surface area contributed by atoms with Gasteiger partial charge in [0.25, 0.3) is 5.56 Å². The van der Waals surface area contributed by atoms with Gasteiger partial charge in [0.05, 0.1) is 26.2 Å². The second-order valence-corrected chi connectivity index (χ2v) is 7.50. The van der Waals surface area contributed by atoms with Crippen LogP contribution in [0.2, 0.25) is 0 Å². The summed E-state index contributed by atoms with van der Waals surface area (Å²) in [4.78, 5) is 37.1. The van der Waals surface area contributed by atoms with E-state index in [-0.39, 0.29) is 24.5 Å². The van der Waals surface area contributed by atoms with Crippen molar-refractivity contribution in [3.63, 3.8) is 0 Å². The predicted molar refractivity (Wildman–Crippen MR) is 129 cm³/mol. The zero-order valence-electron chi connectivity index (χ0n) is 19.6. The number of carbonyl (C=O) groups excluding carboxylic acids is 2. The first-order valence-electron chi connectivity index (χ1n) is 10.8. The molecule has 0 aliphatic rings. The summed E-state index contributed by atoms with van der Waals surface area (Å²) in [5.74, 6) is 0.904. The Morgan fingerprint density at radius 2 is 1.77 bits per heavy atom. The number of pyridine rings is 1. The molecular formula is C25H27N3O7. The SMILES string of the molecule is CCOC(=O)CC(NC(=O)Nc1c(O)ccn(C)c1=O)c1ccc(Oc2cccc(OC)c2)cc1. The highest BCUT2D eigenvalue weighted by Gasteiger charge is 2.21. The van der Waals surface area contributed by atoms with Crippen LogP contribution in [-0.4, -0.2) is 35.4 Å². The largest absolute Gasteiger partial charge is 0.505 e. The summed E-state index contributed by atoms with van der Waals surface area (Å²) in [6, 6.07) is 13.7. The molecule has 0 saturated carbocycles. The predicted octanol–water partition coefficient (Wildman–Crippen LogP) is 3.71. The maximum atomic E-state index is 12.6. The molecule has 184 valence electrons. The van der Waals surface area contributed by atoms with Crippen molar-refractivity contribution in [3.05, 3.63) is 76.7 Å². The molecule has 3 N–H and O–H groups in total. The number of ether oxygens (including phenoxy) is 3. The number of amides is 2. The van der Waals surface area contributed by atoms with Gasteiger partial charge in [0.2, 0.25) is 0 Å². The number of carbonyl (C=O) groups is 2. The summed E-state index contributed by atoms with van der Waals surface area (Å²) in [5.41, 5.74) is -0.248. The Kier molecular flexibility index (Phi) is 8.33. The minimum atomic E-state index is -0.769. The van der Waals surface area contributed by atoms with Crippen molar-refractivity contribution in [2.75, 3.05) is 19.0 Å². The first-order chi connectivity index (χ1) is 16.8. The fourth-order valence-corrected chi connectivity index (χ4v) is 3.25. The van der Waals surface area contributed by atoms with Gasteiger partial charge in [-0.15, -0.1) is 0 Å². The van der Waals surface area contributed by atoms with E-state index in [1.807, 2.05) is 0 Å². The second-order valence-electron chi connectivity index (χ2n) is 7.50. The van der Waals surface area contributed by atoms with E-state index in [1.54, 1.807) is 62.6 Å². The minimum absolute atomic E-state index is 0.143. The first kappa shape index (κ1) is 25.2. The van der Waals surface area contributed by atoms with Crippen LogP contribution in [0.15, 0.2) is 65.6 Å². The summed E-state index contributed by atoms with van der Waals surface area (Å²) < 4.78 is 17.3. The molecule has 1 aromatic heterocycles. The number of urea groups is 1. The molecule has 1 heterocycles. The van der Waals surface area contributed by atoms with Crippen molar-refractivity contribution < 1.29 is 28.9 Å². The number of rotatable bonds is 9. The number of esters is 1. The minimum Gasteiger partial charge on any atom is -0.505 e. The highest BCUT2D eigenvalue weighted by Crippen LogP contribution is 2.27. The standard InChI is InChI=1S/C25H27N3O7/c1-4-34-22(30)15-20(26-25(32)27-23-21(29)12-13-28(2)24(23)31)16-8-10-17(11-9-16)35-19-7-5-6-18(14-19)33-3/h5-14,20,29H,4,15H2,1-3H3,(H2,26,27,32). The molecular weight excluding hydrogens is 454 g/mol. The number of aryl methyl sites for hydroxylation is 1. The highest BCUT2D eigenvalue weighted by molar-refractivity contribution is 5.91. The molecule has 1 unspecified atom stereocenters. The topological polar surface area (TPSA) is 128 Å². The second kappa shape index (κ2) is 11.6. The Morgan fingerprint density at radius 1 is 1.06 bits per heavy atom. The number of methoxy groups -OCH3 is 1. The lowest BCUT2D eigenvalue weighted by Gasteiger charge is -2.19. The van der Waals surface area contributed by atoms with Gasteiger partial charge in [-0.3, -0.25) is 9.59 Å². The lowest BCUT2D eigenvalue weighted by Crippen LogP contribution is -2.36. The Morgan fingerprint density at radius 3 is 2.46 bits per heavy atom. The molecule has 0 aliphatic carbocycles. The van der Waals surface area contributed by atoms with E-state index in [2.05, 4.69) is 10.6 Å². The van der Waals surface area contributed by atoms with Crippen molar-refractivity contribution in [1.82, 2.24) is 9.88 Å². The van der Waals surface area contributed by atoms with Crippen molar-refractivity contribution in [2.24, 2.45) is 7.05 Å². The fraction of sp³-hybridized carbons (Fsp3) is 0.240. The van der Waals surface area contributed by atoms with E-state index in [0.29, 0.717) is 22.8 Å². The van der Waals surface area contributed by atoms with Gasteiger partial charge >= 0.3 is 12.0 Å². The average Bonchev–Trinajstić information content (AvgIpc) is 2.84.